The number of aryl methyl sites for hydroxylation is 1. The molecule has 0 aliphatic heterocycles. The summed E-state index contributed by atoms with van der Waals surface area (Å²) in [5, 5.41) is 0. The van der Waals surface area contributed by atoms with E-state index in [2.05, 4.69) is 25.7 Å². The lowest BCUT2D eigenvalue weighted by molar-refractivity contribution is 0.308. The first-order valence-corrected chi connectivity index (χ1v) is 11.4. The maximum absolute atomic E-state index is 14.5. The largest absolute Gasteiger partial charge is 0.209 e. The molecule has 3 rings (SSSR count). The van der Waals surface area contributed by atoms with Crippen LogP contribution in [0, 0.1) is 17.8 Å². The average Bonchev–Trinajstić information content (AvgIpc) is 2.79. The van der Waals surface area contributed by atoms with Gasteiger partial charge >= 0.3 is 0 Å². The molecule has 0 radical (unpaired) electrons. The predicted octanol–water partition coefficient (Wildman–Crippen LogP) is 8.37. The molecule has 0 heterocycles. The molecular formula is C28H32F2. The van der Waals surface area contributed by atoms with Crippen molar-refractivity contribution in [2.75, 3.05) is 0 Å². The summed E-state index contributed by atoms with van der Waals surface area (Å²) in [6.07, 6.45) is 9.60. The first-order valence-electron chi connectivity index (χ1n) is 11.4. The van der Waals surface area contributed by atoms with Crippen molar-refractivity contribution in [2.45, 2.75) is 71.1 Å². The summed E-state index contributed by atoms with van der Waals surface area (Å²) in [4.78, 5) is 0. The summed E-state index contributed by atoms with van der Waals surface area (Å²) >= 11 is 0. The maximum atomic E-state index is 14.5. The summed E-state index contributed by atoms with van der Waals surface area (Å²) in [5.74, 6) is 4.55. The molecule has 1 fully saturated rings. The first-order chi connectivity index (χ1) is 14.6. The van der Waals surface area contributed by atoms with Gasteiger partial charge in [0.1, 0.15) is 0 Å². The van der Waals surface area contributed by atoms with Crippen molar-refractivity contribution in [1.82, 2.24) is 0 Å². The van der Waals surface area contributed by atoms with Gasteiger partial charge in [-0.05, 0) is 73.1 Å². The summed E-state index contributed by atoms with van der Waals surface area (Å²) in [7, 11) is 0. The Bertz CT molecular complexity index is 886. The van der Waals surface area contributed by atoms with Crippen LogP contribution in [0.4, 0.5) is 8.78 Å². The second kappa shape index (κ2) is 11.1. The zero-order valence-corrected chi connectivity index (χ0v) is 18.2. The molecule has 0 saturated heterocycles. The van der Waals surface area contributed by atoms with Crippen LogP contribution in [0.2, 0.25) is 0 Å². The van der Waals surface area contributed by atoms with E-state index in [1.165, 1.54) is 49.7 Å². The van der Waals surface area contributed by atoms with Crippen molar-refractivity contribution < 1.29 is 8.78 Å². The SMILES string of the molecule is CCCc1ccc(C#CC(F)=C(F)c2ccc(C3CCC(CCC)CC3)cc2)cc1. The zero-order chi connectivity index (χ0) is 21.3. The highest BCUT2D eigenvalue weighted by Crippen LogP contribution is 2.37. The van der Waals surface area contributed by atoms with E-state index in [-0.39, 0.29) is 5.56 Å². The zero-order valence-electron chi connectivity index (χ0n) is 18.2. The molecular weight excluding hydrogens is 374 g/mol. The number of halogens is 2. The molecule has 0 bridgehead atoms. The number of benzene rings is 2. The molecule has 0 amide bonds. The monoisotopic (exact) mass is 406 g/mol. The molecule has 158 valence electrons. The fourth-order valence-corrected chi connectivity index (χ4v) is 4.45. The molecule has 1 aliphatic carbocycles. The van der Waals surface area contributed by atoms with Crippen LogP contribution in [0.3, 0.4) is 0 Å². The number of allylic oxidation sites excluding steroid dienone is 1. The van der Waals surface area contributed by atoms with Gasteiger partial charge in [-0.2, -0.15) is 4.39 Å². The number of rotatable bonds is 6. The highest BCUT2D eigenvalue weighted by molar-refractivity contribution is 5.65. The van der Waals surface area contributed by atoms with E-state index in [1.807, 2.05) is 36.4 Å². The van der Waals surface area contributed by atoms with E-state index in [4.69, 9.17) is 0 Å². The average molecular weight is 407 g/mol. The van der Waals surface area contributed by atoms with Gasteiger partial charge in [0.2, 0.25) is 5.83 Å². The third-order valence-electron chi connectivity index (χ3n) is 6.18. The Morgan fingerprint density at radius 3 is 2.13 bits per heavy atom. The Morgan fingerprint density at radius 1 is 0.867 bits per heavy atom. The standard InChI is InChI=1S/C28H32F2/c1-3-5-21-7-9-23(10-8-21)13-20-27(29)28(30)26-18-16-25(17-19-26)24-14-11-22(6-4-2)12-15-24/h7-10,16-19,22,24H,3-6,11-12,14-15H2,1-2H3. The van der Waals surface area contributed by atoms with Crippen molar-refractivity contribution in [3.8, 4) is 11.8 Å². The highest BCUT2D eigenvalue weighted by Gasteiger charge is 2.22. The Labute approximate surface area is 180 Å². The van der Waals surface area contributed by atoms with Gasteiger partial charge in [-0.1, -0.05) is 75.4 Å². The third-order valence-corrected chi connectivity index (χ3v) is 6.18. The molecule has 2 heteroatoms. The van der Waals surface area contributed by atoms with Gasteiger partial charge in [0.15, 0.2) is 5.83 Å². The molecule has 1 aliphatic rings. The van der Waals surface area contributed by atoms with Gasteiger partial charge < -0.3 is 0 Å². The molecule has 0 nitrogen and oxygen atoms in total. The van der Waals surface area contributed by atoms with Crippen LogP contribution >= 0.6 is 0 Å². The van der Waals surface area contributed by atoms with Gasteiger partial charge in [0.05, 0.1) is 0 Å². The van der Waals surface area contributed by atoms with E-state index in [0.717, 1.165) is 18.8 Å². The molecule has 2 aromatic carbocycles. The molecule has 1 saturated carbocycles. The van der Waals surface area contributed by atoms with E-state index < -0.39 is 11.7 Å². The smallest absolute Gasteiger partial charge is 0.202 e. The van der Waals surface area contributed by atoms with Gasteiger partial charge in [0.25, 0.3) is 0 Å². The van der Waals surface area contributed by atoms with Gasteiger partial charge in [-0.15, -0.1) is 0 Å². The van der Waals surface area contributed by atoms with Crippen LogP contribution in [0.1, 0.15) is 87.0 Å². The van der Waals surface area contributed by atoms with Crippen LogP contribution in [0.25, 0.3) is 5.83 Å². The summed E-state index contributed by atoms with van der Waals surface area (Å²) in [5.41, 5.74) is 3.40. The lowest BCUT2D eigenvalue weighted by Crippen LogP contribution is -2.13. The Hall–Kier alpha value is -2.40. The Kier molecular flexibility index (Phi) is 8.26. The molecule has 2 aromatic rings. The van der Waals surface area contributed by atoms with Crippen LogP contribution in [-0.2, 0) is 6.42 Å². The lowest BCUT2D eigenvalue weighted by atomic mass is 9.77. The van der Waals surface area contributed by atoms with Gasteiger partial charge in [-0.3, -0.25) is 0 Å². The Balaban J connectivity index is 1.64. The summed E-state index contributed by atoms with van der Waals surface area (Å²) < 4.78 is 28.8. The quantitative estimate of drug-likeness (QED) is 0.423. The summed E-state index contributed by atoms with van der Waals surface area (Å²) in [6, 6.07) is 15.0. The van der Waals surface area contributed by atoms with Crippen molar-refractivity contribution in [1.29, 1.82) is 0 Å². The second-order valence-electron chi connectivity index (χ2n) is 8.45. The second-order valence-corrected chi connectivity index (χ2v) is 8.45. The van der Waals surface area contributed by atoms with Crippen LogP contribution in [-0.4, -0.2) is 0 Å². The van der Waals surface area contributed by atoms with E-state index in [9.17, 15) is 8.78 Å². The van der Waals surface area contributed by atoms with E-state index in [1.54, 1.807) is 12.1 Å². The molecule has 0 aromatic heterocycles. The van der Waals surface area contributed by atoms with Gasteiger partial charge in [0, 0.05) is 11.1 Å². The summed E-state index contributed by atoms with van der Waals surface area (Å²) in [6.45, 7) is 4.38. The van der Waals surface area contributed by atoms with Crippen LogP contribution in [0.15, 0.2) is 54.4 Å². The first kappa shape index (κ1) is 22.3. The maximum Gasteiger partial charge on any atom is 0.209 e. The van der Waals surface area contributed by atoms with Crippen molar-refractivity contribution in [3.05, 3.63) is 76.6 Å². The van der Waals surface area contributed by atoms with Crippen molar-refractivity contribution >= 4 is 5.83 Å². The lowest BCUT2D eigenvalue weighted by Gasteiger charge is -2.28. The molecule has 0 unspecified atom stereocenters. The molecule has 30 heavy (non-hydrogen) atoms. The van der Waals surface area contributed by atoms with Crippen LogP contribution in [0.5, 0.6) is 0 Å². The molecule has 0 N–H and O–H groups in total. The predicted molar refractivity (Wildman–Crippen MR) is 123 cm³/mol. The fraction of sp³-hybridized carbons (Fsp3) is 0.429. The molecule has 0 atom stereocenters. The normalized spacial score (nSPS) is 19.6. The van der Waals surface area contributed by atoms with Crippen molar-refractivity contribution in [2.24, 2.45) is 5.92 Å². The van der Waals surface area contributed by atoms with E-state index in [0.29, 0.717) is 11.5 Å². The highest BCUT2D eigenvalue weighted by atomic mass is 19.2. The van der Waals surface area contributed by atoms with Gasteiger partial charge in [-0.25, -0.2) is 4.39 Å². The Morgan fingerprint density at radius 2 is 1.53 bits per heavy atom. The minimum Gasteiger partial charge on any atom is -0.202 e. The number of hydrogen-bond acceptors (Lipinski definition) is 0. The van der Waals surface area contributed by atoms with Crippen LogP contribution < -0.4 is 0 Å². The topological polar surface area (TPSA) is 0 Å². The number of hydrogen-bond donors (Lipinski definition) is 0. The minimum absolute atomic E-state index is 0.253. The minimum atomic E-state index is -1.01. The van der Waals surface area contributed by atoms with Crippen molar-refractivity contribution in [3.63, 3.8) is 0 Å². The van der Waals surface area contributed by atoms with E-state index >= 15 is 0 Å². The fourth-order valence-electron chi connectivity index (χ4n) is 4.45. The third kappa shape index (κ3) is 6.05. The molecule has 0 spiro atoms.